The van der Waals surface area contributed by atoms with Crippen molar-refractivity contribution in [1.82, 2.24) is 0 Å². The number of nitrogens with two attached hydrogens (primary N) is 1. The van der Waals surface area contributed by atoms with Gasteiger partial charge in [-0.3, -0.25) is 0 Å². The maximum absolute atomic E-state index is 6.51. The van der Waals surface area contributed by atoms with Crippen LogP contribution in [0.15, 0.2) is 0 Å². The molecule has 2 N–H and O–H groups in total. The Morgan fingerprint density at radius 1 is 0.864 bits per heavy atom. The Morgan fingerprint density at radius 2 is 1.41 bits per heavy atom. The molecule has 0 aromatic carbocycles. The first kappa shape index (κ1) is 18.3. The van der Waals surface area contributed by atoms with Crippen molar-refractivity contribution < 1.29 is 0 Å². The summed E-state index contributed by atoms with van der Waals surface area (Å²) in [6, 6.07) is 0. The van der Waals surface area contributed by atoms with Gasteiger partial charge in [-0.1, -0.05) is 48.5 Å². The largest absolute Gasteiger partial charge is 0.325 e. The van der Waals surface area contributed by atoms with Crippen molar-refractivity contribution in [3.05, 3.63) is 0 Å². The minimum absolute atomic E-state index is 0.214. The van der Waals surface area contributed by atoms with Gasteiger partial charge in [-0.25, -0.2) is 0 Å². The normalized spacial score (nSPS) is 45.3. The highest BCUT2D eigenvalue weighted by Crippen LogP contribution is 2.62. The van der Waals surface area contributed by atoms with Crippen LogP contribution in [0.1, 0.15) is 93.4 Å². The molecule has 5 atom stereocenters. The van der Waals surface area contributed by atoms with Crippen LogP contribution in [-0.2, 0) is 0 Å². The average Bonchev–Trinajstić information content (AvgIpc) is 3.19. The standard InChI is InChI=1S/C19H35N.C2H6/c1-6-19(20)12-16(19)13-7-8-14-15(11-13)18(4,5)10-9-17(14,2)3;1-2/h13-16H,6-12,20H2,1-5H3;1-2H3. The van der Waals surface area contributed by atoms with Gasteiger partial charge in [0.1, 0.15) is 0 Å². The molecule has 3 saturated carbocycles. The highest BCUT2D eigenvalue weighted by molar-refractivity contribution is 5.11. The Balaban J connectivity index is 0.000000847. The molecule has 3 rings (SSSR count). The first-order chi connectivity index (χ1) is 10.2. The number of fused-ring (bicyclic) bond motifs is 1. The Labute approximate surface area is 139 Å². The van der Waals surface area contributed by atoms with Gasteiger partial charge in [-0.05, 0) is 79.4 Å². The third-order valence-electron chi connectivity index (χ3n) is 7.72. The molecule has 1 nitrogen and oxygen atoms in total. The quantitative estimate of drug-likeness (QED) is 0.663. The molecule has 3 aliphatic carbocycles. The van der Waals surface area contributed by atoms with Gasteiger partial charge in [0.2, 0.25) is 0 Å². The Morgan fingerprint density at radius 3 is 1.91 bits per heavy atom. The maximum atomic E-state index is 6.51. The third kappa shape index (κ3) is 3.12. The second-order valence-electron chi connectivity index (χ2n) is 9.66. The molecule has 0 amide bonds. The highest BCUT2D eigenvalue weighted by atomic mass is 14.9. The Hall–Kier alpha value is -0.0400. The molecule has 0 spiro atoms. The van der Waals surface area contributed by atoms with E-state index in [9.17, 15) is 0 Å². The van der Waals surface area contributed by atoms with Gasteiger partial charge in [-0.15, -0.1) is 0 Å². The zero-order chi connectivity index (χ0) is 16.8. The van der Waals surface area contributed by atoms with Crippen LogP contribution in [0.2, 0.25) is 0 Å². The van der Waals surface area contributed by atoms with E-state index in [1.807, 2.05) is 13.8 Å². The monoisotopic (exact) mass is 307 g/mol. The van der Waals surface area contributed by atoms with Crippen LogP contribution in [-0.4, -0.2) is 5.54 Å². The lowest BCUT2D eigenvalue weighted by atomic mass is 9.49. The second-order valence-corrected chi connectivity index (χ2v) is 9.66. The summed E-state index contributed by atoms with van der Waals surface area (Å²) in [5.41, 5.74) is 7.85. The van der Waals surface area contributed by atoms with Gasteiger partial charge >= 0.3 is 0 Å². The molecule has 5 unspecified atom stereocenters. The Kier molecular flexibility index (Phi) is 5.09. The molecule has 0 bridgehead atoms. The molecule has 0 heterocycles. The van der Waals surface area contributed by atoms with E-state index in [1.54, 1.807) is 0 Å². The lowest BCUT2D eigenvalue weighted by Crippen LogP contribution is -2.47. The van der Waals surface area contributed by atoms with Gasteiger partial charge in [0.15, 0.2) is 0 Å². The van der Waals surface area contributed by atoms with Gasteiger partial charge in [0.25, 0.3) is 0 Å². The van der Waals surface area contributed by atoms with E-state index < -0.39 is 0 Å². The van der Waals surface area contributed by atoms with Crippen molar-refractivity contribution in [2.45, 2.75) is 99.0 Å². The fourth-order valence-corrected chi connectivity index (χ4v) is 5.78. The lowest BCUT2D eigenvalue weighted by molar-refractivity contribution is -0.0622. The minimum atomic E-state index is 0.214. The number of hydrogen-bond acceptors (Lipinski definition) is 1. The fourth-order valence-electron chi connectivity index (χ4n) is 5.78. The van der Waals surface area contributed by atoms with Gasteiger partial charge in [-0.2, -0.15) is 0 Å². The van der Waals surface area contributed by atoms with E-state index in [1.165, 1.54) is 44.9 Å². The number of rotatable bonds is 2. The van der Waals surface area contributed by atoms with Crippen molar-refractivity contribution in [2.24, 2.45) is 40.2 Å². The molecule has 3 fully saturated rings. The van der Waals surface area contributed by atoms with E-state index in [0.717, 1.165) is 23.7 Å². The molecule has 22 heavy (non-hydrogen) atoms. The zero-order valence-electron chi connectivity index (χ0n) is 16.3. The third-order valence-corrected chi connectivity index (χ3v) is 7.72. The predicted octanol–water partition coefficient (Wildman–Crippen LogP) is 6.02. The molecule has 0 aromatic heterocycles. The van der Waals surface area contributed by atoms with Crippen LogP contribution in [0.25, 0.3) is 0 Å². The summed E-state index contributed by atoms with van der Waals surface area (Å²) < 4.78 is 0. The van der Waals surface area contributed by atoms with Crippen LogP contribution in [0, 0.1) is 34.5 Å². The van der Waals surface area contributed by atoms with Gasteiger partial charge < -0.3 is 5.73 Å². The summed E-state index contributed by atoms with van der Waals surface area (Å²) >= 11 is 0. The summed E-state index contributed by atoms with van der Waals surface area (Å²) in [4.78, 5) is 0. The highest BCUT2D eigenvalue weighted by Gasteiger charge is 2.57. The SMILES string of the molecule is CC.CCC1(N)CC1C1CCC2C(C1)C(C)(C)CCC2(C)C. The summed E-state index contributed by atoms with van der Waals surface area (Å²) in [6.45, 7) is 16.4. The van der Waals surface area contributed by atoms with E-state index in [-0.39, 0.29) is 5.54 Å². The first-order valence-corrected chi connectivity index (χ1v) is 9.98. The zero-order valence-corrected chi connectivity index (χ0v) is 16.3. The molecular weight excluding hydrogens is 266 g/mol. The fraction of sp³-hybridized carbons (Fsp3) is 1.00. The van der Waals surface area contributed by atoms with Crippen LogP contribution in [0.3, 0.4) is 0 Å². The molecule has 0 aromatic rings. The molecular formula is C21H41N. The van der Waals surface area contributed by atoms with Crippen LogP contribution in [0.4, 0.5) is 0 Å². The van der Waals surface area contributed by atoms with E-state index >= 15 is 0 Å². The first-order valence-electron chi connectivity index (χ1n) is 9.98. The van der Waals surface area contributed by atoms with E-state index in [0.29, 0.717) is 10.8 Å². The molecule has 0 aliphatic heterocycles. The van der Waals surface area contributed by atoms with Crippen LogP contribution < -0.4 is 5.73 Å². The summed E-state index contributed by atoms with van der Waals surface area (Å²) in [7, 11) is 0. The van der Waals surface area contributed by atoms with Gasteiger partial charge in [0, 0.05) is 5.54 Å². The second kappa shape index (κ2) is 6.11. The van der Waals surface area contributed by atoms with Crippen molar-refractivity contribution >= 4 is 0 Å². The maximum Gasteiger partial charge on any atom is 0.0187 e. The molecule has 0 radical (unpaired) electrons. The lowest BCUT2D eigenvalue weighted by Gasteiger charge is -2.56. The van der Waals surface area contributed by atoms with Crippen molar-refractivity contribution in [2.75, 3.05) is 0 Å². The van der Waals surface area contributed by atoms with E-state index in [4.69, 9.17) is 5.73 Å². The van der Waals surface area contributed by atoms with Crippen molar-refractivity contribution in [1.29, 1.82) is 0 Å². The average molecular weight is 308 g/mol. The molecule has 1 heteroatoms. The predicted molar refractivity (Wildman–Crippen MR) is 97.8 cm³/mol. The smallest absolute Gasteiger partial charge is 0.0187 e. The topological polar surface area (TPSA) is 26.0 Å². The van der Waals surface area contributed by atoms with Crippen LogP contribution in [0.5, 0.6) is 0 Å². The number of hydrogen-bond donors (Lipinski definition) is 1. The Bertz CT molecular complexity index is 383. The minimum Gasteiger partial charge on any atom is -0.325 e. The van der Waals surface area contributed by atoms with Crippen molar-refractivity contribution in [3.63, 3.8) is 0 Å². The summed E-state index contributed by atoms with van der Waals surface area (Å²) in [6.07, 6.45) is 9.69. The summed E-state index contributed by atoms with van der Waals surface area (Å²) in [5.74, 6) is 3.66. The van der Waals surface area contributed by atoms with E-state index in [2.05, 4.69) is 34.6 Å². The summed E-state index contributed by atoms with van der Waals surface area (Å²) in [5, 5.41) is 0. The van der Waals surface area contributed by atoms with Crippen LogP contribution >= 0.6 is 0 Å². The molecule has 3 aliphatic rings. The molecule has 0 saturated heterocycles. The van der Waals surface area contributed by atoms with Gasteiger partial charge in [0.05, 0.1) is 0 Å². The molecule has 130 valence electrons. The van der Waals surface area contributed by atoms with Crippen molar-refractivity contribution in [3.8, 4) is 0 Å².